The maximum Gasteiger partial charge on any atom is 0.212 e. The molecule has 24 heavy (non-hydrogen) atoms. The smallest absolute Gasteiger partial charge is 0.201 e. The van der Waals surface area contributed by atoms with Crippen LogP contribution in [0.4, 0.5) is 0 Å². The van der Waals surface area contributed by atoms with Crippen LogP contribution in [0.3, 0.4) is 0 Å². The monoisotopic (exact) mass is 318 g/mol. The van der Waals surface area contributed by atoms with Gasteiger partial charge in [-0.05, 0) is 47.5 Å². The SMILES string of the molecule is [2H]C([2H])(c1cc[n+](C)c(-c2cc(-c3ccccc3)ccc2C)c1)C(C)C. The summed E-state index contributed by atoms with van der Waals surface area (Å²) in [5.74, 6) is -0.0835. The van der Waals surface area contributed by atoms with Crippen molar-refractivity contribution in [2.75, 3.05) is 0 Å². The van der Waals surface area contributed by atoms with Crippen molar-refractivity contribution in [1.29, 1.82) is 0 Å². The second-order valence-corrected chi connectivity index (χ2v) is 6.61. The summed E-state index contributed by atoms with van der Waals surface area (Å²) in [5.41, 5.74) is 6.43. The maximum absolute atomic E-state index is 8.44. The number of benzene rings is 2. The Morgan fingerprint density at radius 1 is 0.958 bits per heavy atom. The van der Waals surface area contributed by atoms with Crippen LogP contribution in [0.15, 0.2) is 66.9 Å². The van der Waals surface area contributed by atoms with Crippen molar-refractivity contribution < 1.29 is 7.31 Å². The zero-order valence-electron chi connectivity index (χ0n) is 16.9. The van der Waals surface area contributed by atoms with Crippen molar-refractivity contribution in [2.24, 2.45) is 13.0 Å². The first-order chi connectivity index (χ1) is 12.3. The van der Waals surface area contributed by atoms with E-state index in [1.165, 1.54) is 16.7 Å². The molecule has 0 saturated carbocycles. The average molecular weight is 318 g/mol. The van der Waals surface area contributed by atoms with Crippen molar-refractivity contribution in [2.45, 2.75) is 27.1 Å². The molecule has 0 aliphatic rings. The van der Waals surface area contributed by atoms with Crippen molar-refractivity contribution in [3.63, 3.8) is 0 Å². The van der Waals surface area contributed by atoms with Gasteiger partial charge in [0, 0.05) is 20.4 Å². The first-order valence-electron chi connectivity index (χ1n) is 9.47. The zero-order chi connectivity index (χ0) is 18.9. The summed E-state index contributed by atoms with van der Waals surface area (Å²) >= 11 is 0. The molecule has 0 bridgehead atoms. The molecule has 0 saturated heterocycles. The van der Waals surface area contributed by atoms with Gasteiger partial charge in [-0.15, -0.1) is 0 Å². The lowest BCUT2D eigenvalue weighted by Gasteiger charge is -2.10. The highest BCUT2D eigenvalue weighted by Crippen LogP contribution is 2.28. The molecule has 0 aliphatic heterocycles. The number of pyridine rings is 1. The van der Waals surface area contributed by atoms with Crippen LogP contribution >= 0.6 is 0 Å². The lowest BCUT2D eigenvalue weighted by Crippen LogP contribution is -2.30. The van der Waals surface area contributed by atoms with Crippen molar-refractivity contribution in [3.8, 4) is 22.4 Å². The molecule has 122 valence electrons. The molecule has 0 spiro atoms. The first kappa shape index (κ1) is 14.0. The minimum absolute atomic E-state index is 0.0835. The van der Waals surface area contributed by atoms with Gasteiger partial charge < -0.3 is 0 Å². The van der Waals surface area contributed by atoms with Crippen LogP contribution in [0.2, 0.25) is 0 Å². The molecule has 2 aromatic carbocycles. The number of aromatic nitrogens is 1. The highest BCUT2D eigenvalue weighted by Gasteiger charge is 2.15. The van der Waals surface area contributed by atoms with E-state index in [0.29, 0.717) is 0 Å². The van der Waals surface area contributed by atoms with Gasteiger partial charge in [0.15, 0.2) is 6.20 Å². The summed E-state index contributed by atoms with van der Waals surface area (Å²) in [6.45, 7) is 5.95. The summed E-state index contributed by atoms with van der Waals surface area (Å²) in [7, 11) is 2.01. The first-order valence-corrected chi connectivity index (χ1v) is 8.47. The van der Waals surface area contributed by atoms with E-state index >= 15 is 0 Å². The number of hydrogen-bond acceptors (Lipinski definition) is 0. The number of hydrogen-bond donors (Lipinski definition) is 0. The largest absolute Gasteiger partial charge is 0.212 e. The van der Waals surface area contributed by atoms with E-state index in [-0.39, 0.29) is 5.92 Å². The van der Waals surface area contributed by atoms with Gasteiger partial charge in [0.1, 0.15) is 7.05 Å². The molecule has 0 amide bonds. The van der Waals surface area contributed by atoms with E-state index in [1.807, 2.05) is 57.4 Å². The molecule has 0 fully saturated rings. The third kappa shape index (κ3) is 3.56. The Morgan fingerprint density at radius 3 is 2.42 bits per heavy atom. The lowest BCUT2D eigenvalue weighted by atomic mass is 9.96. The predicted octanol–water partition coefficient (Wildman–Crippen LogP) is 5.35. The molecule has 1 aromatic heterocycles. The van der Waals surface area contributed by atoms with Gasteiger partial charge in [-0.1, -0.05) is 56.3 Å². The van der Waals surface area contributed by atoms with Gasteiger partial charge in [0.2, 0.25) is 5.69 Å². The second kappa shape index (κ2) is 7.00. The topological polar surface area (TPSA) is 3.88 Å². The van der Waals surface area contributed by atoms with E-state index in [9.17, 15) is 0 Å². The Kier molecular flexibility index (Phi) is 4.08. The third-order valence-corrected chi connectivity index (χ3v) is 4.23. The quantitative estimate of drug-likeness (QED) is 0.571. The molecule has 0 unspecified atom stereocenters. The van der Waals surface area contributed by atoms with Crippen LogP contribution in [-0.4, -0.2) is 0 Å². The Morgan fingerprint density at radius 2 is 1.71 bits per heavy atom. The second-order valence-electron chi connectivity index (χ2n) is 6.61. The molecule has 1 heterocycles. The highest BCUT2D eigenvalue weighted by atomic mass is 14.9. The van der Waals surface area contributed by atoms with Gasteiger partial charge in [0.25, 0.3) is 0 Å². The summed E-state index contributed by atoms with van der Waals surface area (Å²) in [6.07, 6.45) is 0.605. The molecule has 0 aliphatic carbocycles. The van der Waals surface area contributed by atoms with E-state index in [4.69, 9.17) is 2.74 Å². The summed E-state index contributed by atoms with van der Waals surface area (Å²) in [4.78, 5) is 0. The lowest BCUT2D eigenvalue weighted by molar-refractivity contribution is -0.660. The molecular formula is C23H26N+. The Labute approximate surface area is 148 Å². The Bertz CT molecular complexity index is 915. The van der Waals surface area contributed by atoms with E-state index in [2.05, 4.69) is 41.8 Å². The Hall–Kier alpha value is -2.41. The molecule has 0 N–H and O–H groups in total. The summed E-state index contributed by atoms with van der Waals surface area (Å²) < 4.78 is 18.9. The van der Waals surface area contributed by atoms with Crippen molar-refractivity contribution in [3.05, 3.63) is 78.0 Å². The van der Waals surface area contributed by atoms with E-state index in [0.717, 1.165) is 16.8 Å². The van der Waals surface area contributed by atoms with Gasteiger partial charge in [0.05, 0.1) is 0 Å². The molecular weight excluding hydrogens is 290 g/mol. The number of nitrogens with zero attached hydrogens (tertiary/aromatic N) is 1. The fourth-order valence-electron chi connectivity index (χ4n) is 2.97. The van der Waals surface area contributed by atoms with Crippen LogP contribution in [0, 0.1) is 12.8 Å². The van der Waals surface area contributed by atoms with E-state index in [1.54, 1.807) is 0 Å². The normalized spacial score (nSPS) is 12.9. The third-order valence-electron chi connectivity index (χ3n) is 4.23. The fourth-order valence-corrected chi connectivity index (χ4v) is 2.97. The average Bonchev–Trinajstić information content (AvgIpc) is 2.63. The predicted molar refractivity (Wildman–Crippen MR) is 102 cm³/mol. The molecule has 1 heteroatoms. The van der Waals surface area contributed by atoms with Crippen LogP contribution in [0.25, 0.3) is 22.4 Å². The minimum atomic E-state index is -1.35. The molecule has 0 atom stereocenters. The molecule has 0 radical (unpaired) electrons. The van der Waals surface area contributed by atoms with Gasteiger partial charge >= 0.3 is 0 Å². The van der Waals surface area contributed by atoms with Crippen LogP contribution < -0.4 is 4.57 Å². The van der Waals surface area contributed by atoms with Gasteiger partial charge in [-0.25, -0.2) is 4.57 Å². The molecule has 3 aromatic rings. The van der Waals surface area contributed by atoms with Crippen LogP contribution in [0.1, 0.15) is 27.7 Å². The van der Waals surface area contributed by atoms with E-state index < -0.39 is 6.37 Å². The van der Waals surface area contributed by atoms with Gasteiger partial charge in [-0.2, -0.15) is 0 Å². The van der Waals surface area contributed by atoms with Gasteiger partial charge in [-0.3, -0.25) is 0 Å². The minimum Gasteiger partial charge on any atom is -0.201 e. The highest BCUT2D eigenvalue weighted by molar-refractivity contribution is 5.72. The Balaban J connectivity index is 2.15. The standard InChI is InChI=1S/C23H26N/c1-17(2)14-19-12-13-24(4)23(15-19)22-16-21(11-10-18(22)3)20-8-6-5-7-9-20/h5-13,15-17H,14H2,1-4H3/q+1/i14D2. The fraction of sp³-hybridized carbons (Fsp3) is 0.261. The van der Waals surface area contributed by atoms with Crippen LogP contribution in [-0.2, 0) is 13.4 Å². The maximum atomic E-state index is 8.44. The van der Waals surface area contributed by atoms with Crippen LogP contribution in [0.5, 0.6) is 0 Å². The summed E-state index contributed by atoms with van der Waals surface area (Å²) in [5, 5.41) is 0. The molecule has 1 nitrogen and oxygen atoms in total. The zero-order valence-corrected chi connectivity index (χ0v) is 14.9. The summed E-state index contributed by atoms with van der Waals surface area (Å²) in [6, 6.07) is 20.7. The number of aryl methyl sites for hydroxylation is 2. The number of rotatable bonds is 4. The van der Waals surface area contributed by atoms with Crippen molar-refractivity contribution in [1.82, 2.24) is 0 Å². The van der Waals surface area contributed by atoms with Crippen molar-refractivity contribution >= 4 is 0 Å². The molecule has 3 rings (SSSR count).